The predicted molar refractivity (Wildman–Crippen MR) is 69.2 cm³/mol. The molecule has 1 aromatic heterocycles. The Labute approximate surface area is 106 Å². The van der Waals surface area contributed by atoms with Crippen molar-refractivity contribution in [2.24, 2.45) is 5.92 Å². The summed E-state index contributed by atoms with van der Waals surface area (Å²) in [6.07, 6.45) is 7.16. The van der Waals surface area contributed by atoms with Gasteiger partial charge in [0.25, 0.3) is 5.56 Å². The SMILES string of the molecule is CCC1CCC(n2cnc(Cl)c(N)c2=O)CC1. The van der Waals surface area contributed by atoms with E-state index in [1.54, 1.807) is 4.57 Å². The van der Waals surface area contributed by atoms with E-state index in [9.17, 15) is 4.79 Å². The Hall–Kier alpha value is -1.03. The molecule has 1 fully saturated rings. The molecule has 0 spiro atoms. The van der Waals surface area contributed by atoms with E-state index in [-0.39, 0.29) is 22.4 Å². The lowest BCUT2D eigenvalue weighted by molar-refractivity contribution is 0.264. The fourth-order valence-electron chi connectivity index (χ4n) is 2.55. The number of nitrogens with two attached hydrogens (primary N) is 1. The van der Waals surface area contributed by atoms with Gasteiger partial charge in [0.1, 0.15) is 5.69 Å². The van der Waals surface area contributed by atoms with E-state index in [2.05, 4.69) is 11.9 Å². The van der Waals surface area contributed by atoms with Crippen LogP contribution in [0, 0.1) is 5.92 Å². The van der Waals surface area contributed by atoms with Crippen LogP contribution >= 0.6 is 11.6 Å². The molecule has 5 heteroatoms. The lowest BCUT2D eigenvalue weighted by Crippen LogP contribution is -2.29. The molecule has 1 saturated carbocycles. The van der Waals surface area contributed by atoms with Crippen LogP contribution in [0.25, 0.3) is 0 Å². The number of nitrogen functional groups attached to an aromatic ring is 1. The summed E-state index contributed by atoms with van der Waals surface area (Å²) in [6, 6.07) is 0.234. The van der Waals surface area contributed by atoms with Crippen LogP contribution in [0.15, 0.2) is 11.1 Å². The number of anilines is 1. The highest BCUT2D eigenvalue weighted by Crippen LogP contribution is 2.32. The highest BCUT2D eigenvalue weighted by Gasteiger charge is 2.22. The second kappa shape index (κ2) is 5.08. The summed E-state index contributed by atoms with van der Waals surface area (Å²) in [4.78, 5) is 15.9. The molecule has 0 amide bonds. The summed E-state index contributed by atoms with van der Waals surface area (Å²) in [5.74, 6) is 0.805. The van der Waals surface area contributed by atoms with Gasteiger partial charge in [0.15, 0.2) is 5.15 Å². The number of nitrogens with zero attached hydrogens (tertiary/aromatic N) is 2. The largest absolute Gasteiger partial charge is 0.392 e. The van der Waals surface area contributed by atoms with Crippen LogP contribution in [0.5, 0.6) is 0 Å². The van der Waals surface area contributed by atoms with Gasteiger partial charge in [-0.15, -0.1) is 0 Å². The molecule has 1 aliphatic rings. The van der Waals surface area contributed by atoms with Crippen LogP contribution in [-0.4, -0.2) is 9.55 Å². The Kier molecular flexibility index (Phi) is 3.72. The van der Waals surface area contributed by atoms with Crippen molar-refractivity contribution >= 4 is 17.3 Å². The summed E-state index contributed by atoms with van der Waals surface area (Å²) in [5, 5.41) is 0.105. The van der Waals surface area contributed by atoms with Crippen LogP contribution in [-0.2, 0) is 0 Å². The molecule has 0 aromatic carbocycles. The molecule has 2 N–H and O–H groups in total. The quantitative estimate of drug-likeness (QED) is 0.827. The minimum Gasteiger partial charge on any atom is -0.392 e. The van der Waals surface area contributed by atoms with Crippen LogP contribution in [0.4, 0.5) is 5.69 Å². The summed E-state index contributed by atoms with van der Waals surface area (Å²) < 4.78 is 1.65. The van der Waals surface area contributed by atoms with Gasteiger partial charge < -0.3 is 5.73 Å². The molecule has 0 radical (unpaired) electrons. The molecule has 2 rings (SSSR count). The summed E-state index contributed by atoms with van der Waals surface area (Å²) in [7, 11) is 0. The van der Waals surface area contributed by atoms with Gasteiger partial charge in [-0.1, -0.05) is 24.9 Å². The van der Waals surface area contributed by atoms with Crippen molar-refractivity contribution in [2.45, 2.75) is 45.1 Å². The maximum absolute atomic E-state index is 12.0. The topological polar surface area (TPSA) is 60.9 Å². The van der Waals surface area contributed by atoms with E-state index < -0.39 is 0 Å². The predicted octanol–water partition coefficient (Wildman–Crippen LogP) is 2.62. The van der Waals surface area contributed by atoms with E-state index in [4.69, 9.17) is 17.3 Å². The van der Waals surface area contributed by atoms with Crippen LogP contribution in [0.3, 0.4) is 0 Å². The van der Waals surface area contributed by atoms with Crippen LogP contribution in [0.2, 0.25) is 5.15 Å². The summed E-state index contributed by atoms with van der Waals surface area (Å²) >= 11 is 5.72. The van der Waals surface area contributed by atoms with Crippen molar-refractivity contribution in [1.82, 2.24) is 9.55 Å². The third kappa shape index (κ3) is 2.46. The second-order valence-electron chi connectivity index (χ2n) is 4.74. The number of hydrogen-bond donors (Lipinski definition) is 1. The average Bonchev–Trinajstić information content (AvgIpc) is 2.36. The molecule has 0 atom stereocenters. The molecule has 0 aliphatic heterocycles. The van der Waals surface area contributed by atoms with Crippen molar-refractivity contribution in [3.8, 4) is 0 Å². The minimum absolute atomic E-state index is 0.0618. The fraction of sp³-hybridized carbons (Fsp3) is 0.667. The first-order valence-corrected chi connectivity index (χ1v) is 6.53. The van der Waals surface area contributed by atoms with Gasteiger partial charge in [0.05, 0.1) is 6.33 Å². The number of rotatable bonds is 2. The molecule has 1 aliphatic carbocycles. The number of halogens is 1. The normalized spacial score (nSPS) is 24.8. The van der Waals surface area contributed by atoms with Gasteiger partial charge in [-0.2, -0.15) is 0 Å². The minimum atomic E-state index is -0.204. The molecule has 17 heavy (non-hydrogen) atoms. The zero-order valence-electron chi connectivity index (χ0n) is 10.0. The van der Waals surface area contributed by atoms with Crippen molar-refractivity contribution < 1.29 is 0 Å². The maximum Gasteiger partial charge on any atom is 0.278 e. The molecular weight excluding hydrogens is 238 g/mol. The Bertz CT molecular complexity index is 450. The zero-order valence-corrected chi connectivity index (χ0v) is 10.8. The van der Waals surface area contributed by atoms with Crippen LogP contribution < -0.4 is 11.3 Å². The highest BCUT2D eigenvalue weighted by atomic mass is 35.5. The van der Waals surface area contributed by atoms with Gasteiger partial charge in [-0.3, -0.25) is 9.36 Å². The smallest absolute Gasteiger partial charge is 0.278 e. The monoisotopic (exact) mass is 255 g/mol. The van der Waals surface area contributed by atoms with Crippen molar-refractivity contribution in [2.75, 3.05) is 5.73 Å². The third-order valence-electron chi connectivity index (χ3n) is 3.77. The van der Waals surface area contributed by atoms with Crippen LogP contribution in [0.1, 0.15) is 45.1 Å². The highest BCUT2D eigenvalue weighted by molar-refractivity contribution is 6.31. The maximum atomic E-state index is 12.0. The lowest BCUT2D eigenvalue weighted by Gasteiger charge is -2.29. The average molecular weight is 256 g/mol. The molecule has 1 aromatic rings. The molecular formula is C12H18ClN3O. The van der Waals surface area contributed by atoms with Crippen molar-refractivity contribution in [3.63, 3.8) is 0 Å². The van der Waals surface area contributed by atoms with Gasteiger partial charge in [-0.05, 0) is 31.6 Å². The Morgan fingerprint density at radius 2 is 2.12 bits per heavy atom. The second-order valence-corrected chi connectivity index (χ2v) is 5.10. The molecule has 0 saturated heterocycles. The first-order valence-electron chi connectivity index (χ1n) is 6.15. The molecule has 1 heterocycles. The lowest BCUT2D eigenvalue weighted by atomic mass is 9.84. The van der Waals surface area contributed by atoms with E-state index in [0.717, 1.165) is 18.8 Å². The number of hydrogen-bond acceptors (Lipinski definition) is 3. The standard InChI is InChI=1S/C12H18ClN3O/c1-2-8-3-5-9(6-4-8)16-7-15-11(13)10(14)12(16)17/h7-9H,2-6,14H2,1H3. The molecule has 4 nitrogen and oxygen atoms in total. The van der Waals surface area contributed by atoms with Gasteiger partial charge >= 0.3 is 0 Å². The molecule has 0 bridgehead atoms. The first kappa shape index (κ1) is 12.4. The molecule has 0 unspecified atom stereocenters. The fourth-order valence-corrected chi connectivity index (χ4v) is 2.68. The van der Waals surface area contributed by atoms with Crippen molar-refractivity contribution in [3.05, 3.63) is 21.8 Å². The van der Waals surface area contributed by atoms with Gasteiger partial charge in [0.2, 0.25) is 0 Å². The third-order valence-corrected chi connectivity index (χ3v) is 4.07. The van der Waals surface area contributed by atoms with E-state index in [0.29, 0.717) is 0 Å². The van der Waals surface area contributed by atoms with E-state index in [1.165, 1.54) is 25.6 Å². The Balaban J connectivity index is 2.19. The Morgan fingerprint density at radius 1 is 1.47 bits per heavy atom. The van der Waals surface area contributed by atoms with E-state index >= 15 is 0 Å². The van der Waals surface area contributed by atoms with Gasteiger partial charge in [-0.25, -0.2) is 4.98 Å². The number of aromatic nitrogens is 2. The van der Waals surface area contributed by atoms with Gasteiger partial charge in [0, 0.05) is 6.04 Å². The summed E-state index contributed by atoms with van der Waals surface area (Å²) in [6.45, 7) is 2.22. The van der Waals surface area contributed by atoms with Crippen molar-refractivity contribution in [1.29, 1.82) is 0 Å². The zero-order chi connectivity index (χ0) is 12.4. The van der Waals surface area contributed by atoms with E-state index in [1.807, 2.05) is 0 Å². The first-order chi connectivity index (χ1) is 8.13. The molecule has 94 valence electrons. The Morgan fingerprint density at radius 3 is 2.71 bits per heavy atom. The summed E-state index contributed by atoms with van der Waals surface area (Å²) in [5.41, 5.74) is 5.47.